The van der Waals surface area contributed by atoms with E-state index in [9.17, 15) is 19.8 Å². The molecule has 1 aliphatic heterocycles. The summed E-state index contributed by atoms with van der Waals surface area (Å²) in [7, 11) is 0. The van der Waals surface area contributed by atoms with Gasteiger partial charge in [-0.3, -0.25) is 0 Å². The number of carbonyl (C=O) groups excluding carboxylic acids is 2. The molecule has 0 amide bonds. The molecule has 1 saturated heterocycles. The van der Waals surface area contributed by atoms with E-state index in [0.717, 1.165) is 26.3 Å². The molecular weight excluding hydrogens is 286 g/mol. The molecule has 1 heterocycles. The van der Waals surface area contributed by atoms with Crippen LogP contribution in [0.25, 0.3) is 0 Å². The Kier molecular flexibility index (Phi) is 8.16. The number of carboxylic acids is 2. The summed E-state index contributed by atoms with van der Waals surface area (Å²) in [6.45, 7) is 8.68. The number of hydrogen-bond donors (Lipinski definition) is 1. The van der Waals surface area contributed by atoms with Crippen LogP contribution in [0, 0.1) is 16.7 Å². The number of hydrogen-bond acceptors (Lipinski definition) is 6. The third-order valence-corrected chi connectivity index (χ3v) is 4.81. The summed E-state index contributed by atoms with van der Waals surface area (Å²) in [4.78, 5) is 21.8. The number of carboxylic acid groups (broad SMARTS) is 2. The van der Waals surface area contributed by atoms with Gasteiger partial charge in [-0.05, 0) is 18.3 Å². The van der Waals surface area contributed by atoms with Crippen molar-refractivity contribution in [1.29, 1.82) is 0 Å². The van der Waals surface area contributed by atoms with E-state index in [0.29, 0.717) is 12.8 Å². The van der Waals surface area contributed by atoms with Crippen molar-refractivity contribution in [3.8, 4) is 0 Å². The van der Waals surface area contributed by atoms with Crippen LogP contribution in [0.5, 0.6) is 0 Å². The van der Waals surface area contributed by atoms with Gasteiger partial charge in [-0.2, -0.15) is 0 Å². The maximum Gasteiger partial charge on any atom is 2.00 e. The molecule has 2 atom stereocenters. The van der Waals surface area contributed by atoms with Gasteiger partial charge in [-0.1, -0.05) is 20.8 Å². The molecule has 2 rings (SSSR count). The van der Waals surface area contributed by atoms with Crippen molar-refractivity contribution in [2.24, 2.45) is 16.7 Å². The molecule has 0 spiro atoms. The average Bonchev–Trinajstić information content (AvgIpc) is 2.64. The molecular formula is C14H23MgNO5. The Hall–Kier alpha value is -0.374. The van der Waals surface area contributed by atoms with Gasteiger partial charge < -0.3 is 29.9 Å². The topological polar surface area (TPSA) is 102 Å². The molecule has 0 aromatic carbocycles. The van der Waals surface area contributed by atoms with Crippen molar-refractivity contribution < 1.29 is 24.5 Å². The maximum absolute atomic E-state index is 11.0. The van der Waals surface area contributed by atoms with Crippen molar-refractivity contribution in [2.75, 3.05) is 26.3 Å². The Morgan fingerprint density at radius 1 is 1.14 bits per heavy atom. The monoisotopic (exact) mass is 309 g/mol. The molecule has 1 N–H and O–H groups in total. The summed E-state index contributed by atoms with van der Waals surface area (Å²) in [5, 5.41) is 24.9. The zero-order valence-electron chi connectivity index (χ0n) is 13.1. The van der Waals surface area contributed by atoms with E-state index in [1.165, 1.54) is 0 Å². The molecule has 1 aliphatic carbocycles. The van der Waals surface area contributed by atoms with E-state index in [2.05, 4.69) is 5.32 Å². The maximum atomic E-state index is 11.0. The van der Waals surface area contributed by atoms with Crippen molar-refractivity contribution in [2.45, 2.75) is 33.6 Å². The molecule has 116 valence electrons. The van der Waals surface area contributed by atoms with Crippen molar-refractivity contribution >= 4 is 35.0 Å². The van der Waals surface area contributed by atoms with Gasteiger partial charge in [0.15, 0.2) is 0 Å². The first kappa shape index (κ1) is 20.6. The van der Waals surface area contributed by atoms with Gasteiger partial charge in [-0.25, -0.2) is 0 Å². The normalized spacial score (nSPS) is 30.5. The summed E-state index contributed by atoms with van der Waals surface area (Å²) in [6, 6.07) is 0. The molecule has 6 nitrogen and oxygen atoms in total. The molecule has 0 bridgehead atoms. The van der Waals surface area contributed by atoms with Crippen LogP contribution in [0.4, 0.5) is 0 Å². The van der Waals surface area contributed by atoms with Crippen molar-refractivity contribution in [3.05, 3.63) is 0 Å². The summed E-state index contributed by atoms with van der Waals surface area (Å²) >= 11 is 0. The second-order valence-electron chi connectivity index (χ2n) is 6.11. The Morgan fingerprint density at radius 2 is 1.67 bits per heavy atom. The SMILES string of the molecule is C1COCCN1.CC1(C(=O)[O-])CCC(C(=O)[O-])C1(C)C.[Mg+2]. The second-order valence-corrected chi connectivity index (χ2v) is 6.11. The number of aliphatic carboxylic acids is 2. The standard InChI is InChI=1S/C10H16O4.C4H9NO.Mg/c1-9(2)6(7(11)12)4-5-10(9,3)8(13)14;1-3-6-4-2-5-1;/h6H,4-5H2,1-3H3,(H,11,12)(H,13,14);5H,1-4H2;/q;;+2/p-2. The number of morpholine rings is 1. The average molecular weight is 310 g/mol. The van der Waals surface area contributed by atoms with Gasteiger partial charge in [0, 0.05) is 36.4 Å². The third-order valence-electron chi connectivity index (χ3n) is 4.81. The van der Waals surface area contributed by atoms with Crippen LogP contribution in [-0.4, -0.2) is 61.3 Å². The third kappa shape index (κ3) is 4.55. The van der Waals surface area contributed by atoms with Crippen LogP contribution in [-0.2, 0) is 14.3 Å². The zero-order chi connectivity index (χ0) is 15.4. The van der Waals surface area contributed by atoms with Crippen molar-refractivity contribution in [3.63, 3.8) is 0 Å². The number of nitrogens with one attached hydrogen (secondary N) is 1. The molecule has 0 aromatic heterocycles. The quantitative estimate of drug-likeness (QED) is 0.601. The minimum Gasteiger partial charge on any atom is -0.550 e. The van der Waals surface area contributed by atoms with Crippen molar-refractivity contribution in [1.82, 2.24) is 5.32 Å². The second kappa shape index (κ2) is 8.31. The number of carbonyl (C=O) groups is 2. The Labute approximate surface area is 141 Å². The van der Waals surface area contributed by atoms with Gasteiger partial charge in [0.1, 0.15) is 0 Å². The number of ether oxygens (including phenoxy) is 1. The fourth-order valence-electron chi connectivity index (χ4n) is 2.79. The Bertz CT molecular complexity index is 359. The van der Waals surface area contributed by atoms with Crippen LogP contribution in [0.1, 0.15) is 33.6 Å². The minimum atomic E-state index is -1.17. The van der Waals surface area contributed by atoms with E-state index < -0.39 is 28.7 Å². The summed E-state index contributed by atoms with van der Waals surface area (Å²) in [5.74, 6) is -3.04. The molecule has 2 fully saturated rings. The summed E-state index contributed by atoms with van der Waals surface area (Å²) in [5.41, 5.74) is -1.89. The predicted molar refractivity (Wildman–Crippen MR) is 74.1 cm³/mol. The van der Waals surface area contributed by atoms with Gasteiger partial charge in [0.05, 0.1) is 13.2 Å². The Balaban J connectivity index is 0.000000480. The molecule has 0 aromatic rings. The molecule has 0 radical (unpaired) electrons. The smallest absolute Gasteiger partial charge is 0.550 e. The van der Waals surface area contributed by atoms with Crippen LogP contribution >= 0.6 is 0 Å². The molecule has 2 aliphatic rings. The van der Waals surface area contributed by atoms with Gasteiger partial charge in [0.25, 0.3) is 0 Å². The van der Waals surface area contributed by atoms with Gasteiger partial charge >= 0.3 is 23.1 Å². The van der Waals surface area contributed by atoms with E-state index in [-0.39, 0.29) is 23.1 Å². The predicted octanol–water partition coefficient (Wildman–Crippen LogP) is -1.85. The fraction of sp³-hybridized carbons (Fsp3) is 0.857. The van der Waals surface area contributed by atoms with E-state index >= 15 is 0 Å². The van der Waals surface area contributed by atoms with E-state index in [4.69, 9.17) is 4.74 Å². The zero-order valence-corrected chi connectivity index (χ0v) is 14.5. The molecule has 7 heteroatoms. The van der Waals surface area contributed by atoms with Crippen LogP contribution < -0.4 is 15.5 Å². The van der Waals surface area contributed by atoms with Crippen LogP contribution in [0.15, 0.2) is 0 Å². The molecule has 2 unspecified atom stereocenters. The van der Waals surface area contributed by atoms with Crippen LogP contribution in [0.3, 0.4) is 0 Å². The number of rotatable bonds is 2. The summed E-state index contributed by atoms with van der Waals surface area (Å²) in [6.07, 6.45) is 0.681. The van der Waals surface area contributed by atoms with Crippen LogP contribution in [0.2, 0.25) is 0 Å². The fourth-order valence-corrected chi connectivity index (χ4v) is 2.79. The van der Waals surface area contributed by atoms with E-state index in [1.807, 2.05) is 0 Å². The first-order chi connectivity index (χ1) is 9.23. The first-order valence-corrected chi connectivity index (χ1v) is 6.94. The first-order valence-electron chi connectivity index (χ1n) is 6.94. The largest absolute Gasteiger partial charge is 2.00 e. The summed E-state index contributed by atoms with van der Waals surface area (Å²) < 4.78 is 5.01. The minimum absolute atomic E-state index is 0. The molecule has 1 saturated carbocycles. The van der Waals surface area contributed by atoms with Gasteiger partial charge in [-0.15, -0.1) is 0 Å². The molecule has 21 heavy (non-hydrogen) atoms. The Morgan fingerprint density at radius 3 is 1.86 bits per heavy atom. The van der Waals surface area contributed by atoms with Gasteiger partial charge in [0.2, 0.25) is 0 Å². The van der Waals surface area contributed by atoms with E-state index in [1.54, 1.807) is 20.8 Å².